The van der Waals surface area contributed by atoms with Gasteiger partial charge < -0.3 is 4.74 Å². The molecule has 0 aromatic heterocycles. The molecule has 3 saturated carbocycles. The Kier molecular flexibility index (Phi) is 6.02. The Bertz CT molecular complexity index is 536. The highest BCUT2D eigenvalue weighted by Gasteiger charge is 2.59. The number of hydrogen-bond acceptors (Lipinski definition) is 2. The summed E-state index contributed by atoms with van der Waals surface area (Å²) in [5.74, 6) is 3.40. The fourth-order valence-corrected chi connectivity index (χ4v) is 6.97. The first-order chi connectivity index (χ1) is 12.4. The molecule has 0 N–H and O–H groups in total. The molecule has 4 aliphatic rings. The lowest BCUT2D eigenvalue weighted by molar-refractivity contribution is -0.124. The van der Waals surface area contributed by atoms with Gasteiger partial charge in [0, 0.05) is 13.5 Å². The predicted molar refractivity (Wildman–Crippen MR) is 108 cm³/mol. The zero-order valence-electron chi connectivity index (χ0n) is 17.7. The Morgan fingerprint density at radius 3 is 2.42 bits per heavy atom. The van der Waals surface area contributed by atoms with E-state index in [9.17, 15) is 4.79 Å². The van der Waals surface area contributed by atoms with Crippen LogP contribution < -0.4 is 0 Å². The number of allylic oxidation sites excluding steroid dienone is 2. The van der Waals surface area contributed by atoms with E-state index in [2.05, 4.69) is 33.8 Å². The average Bonchev–Trinajstić information content (AvgIpc) is 2.99. The molecular formula is C24H40O2. The van der Waals surface area contributed by atoms with E-state index in [0.29, 0.717) is 23.2 Å². The van der Waals surface area contributed by atoms with Crippen LogP contribution in [-0.2, 0) is 9.53 Å². The molecule has 4 rings (SSSR count). The number of methoxy groups -OCH3 is 1. The number of carbonyl (C=O) groups excluding carboxylic acids is 1. The van der Waals surface area contributed by atoms with Crippen LogP contribution in [0.2, 0.25) is 0 Å². The number of hydrogen-bond donors (Lipinski definition) is 0. The van der Waals surface area contributed by atoms with Gasteiger partial charge >= 0.3 is 0 Å². The topological polar surface area (TPSA) is 26.3 Å². The molecular weight excluding hydrogens is 320 g/mol. The van der Waals surface area contributed by atoms with Crippen LogP contribution >= 0.6 is 0 Å². The third kappa shape index (κ3) is 3.21. The maximum Gasteiger partial charge on any atom is 0.155 e. The molecule has 0 spiro atoms. The zero-order valence-corrected chi connectivity index (χ0v) is 17.7. The van der Waals surface area contributed by atoms with Gasteiger partial charge in [-0.05, 0) is 79.1 Å². The summed E-state index contributed by atoms with van der Waals surface area (Å²) in [5.41, 5.74) is 0.663. The van der Waals surface area contributed by atoms with Gasteiger partial charge in [-0.3, -0.25) is 4.79 Å². The highest BCUT2D eigenvalue weighted by molar-refractivity contribution is 5.91. The van der Waals surface area contributed by atoms with Crippen LogP contribution in [0.5, 0.6) is 0 Å². The van der Waals surface area contributed by atoms with E-state index in [1.807, 2.05) is 13.2 Å². The van der Waals surface area contributed by atoms with Gasteiger partial charge in [-0.15, -0.1) is 0 Å². The lowest BCUT2D eigenvalue weighted by Crippen LogP contribution is -2.53. The van der Waals surface area contributed by atoms with Crippen molar-refractivity contribution in [3.05, 3.63) is 12.2 Å². The quantitative estimate of drug-likeness (QED) is 0.586. The molecule has 0 saturated heterocycles. The van der Waals surface area contributed by atoms with Crippen LogP contribution in [0.15, 0.2) is 12.2 Å². The molecule has 148 valence electrons. The first-order valence-electron chi connectivity index (χ1n) is 11.2. The maximum atomic E-state index is 11.8. The third-order valence-corrected chi connectivity index (χ3v) is 8.74. The van der Waals surface area contributed by atoms with E-state index in [0.717, 1.165) is 24.2 Å². The molecule has 0 radical (unpaired) electrons. The number of ketones is 1. The number of rotatable bonds is 2. The van der Waals surface area contributed by atoms with Crippen LogP contribution in [0.25, 0.3) is 0 Å². The standard InChI is InChI=1S/C20H30O2.C4H10/c1-19-10-8-14(21)12-13(19)4-5-15-16-6-7-18(22-3)20(16,2)11-9-17(15)19;1-3-4-2/h8,10,13,15-18H,4-7,9,11-12H2,1-3H3;3-4H2,1-2H3/t13-,15-,16-,17-,18-,19-,20-;/m0./s1. The van der Waals surface area contributed by atoms with Gasteiger partial charge in [0.2, 0.25) is 0 Å². The molecule has 2 heteroatoms. The maximum absolute atomic E-state index is 11.8. The normalized spacial score (nSPS) is 46.7. The van der Waals surface area contributed by atoms with Gasteiger partial charge in [0.1, 0.15) is 0 Å². The summed E-state index contributed by atoms with van der Waals surface area (Å²) >= 11 is 0. The fourth-order valence-electron chi connectivity index (χ4n) is 6.97. The fraction of sp³-hybridized carbons (Fsp3) is 0.875. The van der Waals surface area contributed by atoms with Gasteiger partial charge in [0.15, 0.2) is 5.78 Å². The van der Waals surface area contributed by atoms with Gasteiger partial charge in [-0.25, -0.2) is 0 Å². The van der Waals surface area contributed by atoms with Gasteiger partial charge in [0.05, 0.1) is 6.10 Å². The molecule has 0 aliphatic heterocycles. The first-order valence-corrected chi connectivity index (χ1v) is 11.2. The van der Waals surface area contributed by atoms with Crippen molar-refractivity contribution in [2.45, 2.75) is 91.6 Å². The van der Waals surface area contributed by atoms with E-state index in [1.165, 1.54) is 51.4 Å². The van der Waals surface area contributed by atoms with Gasteiger partial charge in [-0.1, -0.05) is 46.6 Å². The van der Waals surface area contributed by atoms with Crippen molar-refractivity contribution in [3.8, 4) is 0 Å². The molecule has 2 nitrogen and oxygen atoms in total. The number of carbonyl (C=O) groups is 1. The second-order valence-corrected chi connectivity index (χ2v) is 9.87. The highest BCUT2D eigenvalue weighted by atomic mass is 16.5. The van der Waals surface area contributed by atoms with Gasteiger partial charge in [0.25, 0.3) is 0 Å². The lowest BCUT2D eigenvalue weighted by atomic mass is 9.46. The van der Waals surface area contributed by atoms with Crippen molar-refractivity contribution in [2.75, 3.05) is 7.11 Å². The summed E-state index contributed by atoms with van der Waals surface area (Å²) in [7, 11) is 1.90. The molecule has 0 heterocycles. The van der Waals surface area contributed by atoms with Crippen molar-refractivity contribution in [1.82, 2.24) is 0 Å². The van der Waals surface area contributed by atoms with Crippen LogP contribution in [0, 0.1) is 34.5 Å². The Morgan fingerprint density at radius 1 is 1.04 bits per heavy atom. The molecule has 0 unspecified atom stereocenters. The molecule has 26 heavy (non-hydrogen) atoms. The second kappa shape index (κ2) is 7.78. The highest BCUT2D eigenvalue weighted by Crippen LogP contribution is 2.65. The van der Waals surface area contributed by atoms with E-state index in [-0.39, 0.29) is 5.41 Å². The minimum Gasteiger partial charge on any atom is -0.381 e. The van der Waals surface area contributed by atoms with Crippen molar-refractivity contribution < 1.29 is 9.53 Å². The minimum atomic E-state index is 0.267. The summed E-state index contributed by atoms with van der Waals surface area (Å²) in [6.45, 7) is 9.30. The monoisotopic (exact) mass is 360 g/mol. The Hall–Kier alpha value is -0.630. The SMILES string of the molecule is CCCC.CO[C@H]1CC[C@H]2[C@@H]3CC[C@H]4CC(=O)C=C[C@]4(C)[C@H]3CC[C@]12C. The molecule has 3 fully saturated rings. The van der Waals surface area contributed by atoms with E-state index >= 15 is 0 Å². The summed E-state index contributed by atoms with van der Waals surface area (Å²) in [5, 5.41) is 0. The first kappa shape index (κ1) is 20.1. The molecule has 0 bridgehead atoms. The lowest BCUT2D eigenvalue weighted by Gasteiger charge is -2.58. The molecule has 0 aromatic rings. The Balaban J connectivity index is 0.000000447. The zero-order chi connectivity index (χ0) is 18.9. The van der Waals surface area contributed by atoms with Crippen LogP contribution in [0.3, 0.4) is 0 Å². The van der Waals surface area contributed by atoms with Crippen molar-refractivity contribution in [3.63, 3.8) is 0 Å². The van der Waals surface area contributed by atoms with E-state index < -0.39 is 0 Å². The van der Waals surface area contributed by atoms with Crippen molar-refractivity contribution >= 4 is 5.78 Å². The van der Waals surface area contributed by atoms with Crippen molar-refractivity contribution in [1.29, 1.82) is 0 Å². The summed E-state index contributed by atoms with van der Waals surface area (Å²) < 4.78 is 5.85. The van der Waals surface area contributed by atoms with E-state index in [4.69, 9.17) is 4.74 Å². The van der Waals surface area contributed by atoms with Crippen LogP contribution in [0.4, 0.5) is 0 Å². The van der Waals surface area contributed by atoms with Gasteiger partial charge in [-0.2, -0.15) is 0 Å². The van der Waals surface area contributed by atoms with Crippen molar-refractivity contribution in [2.24, 2.45) is 34.5 Å². The number of ether oxygens (including phenoxy) is 1. The Labute approximate surface area is 161 Å². The number of unbranched alkanes of at least 4 members (excludes halogenated alkanes) is 1. The van der Waals surface area contributed by atoms with Crippen LogP contribution in [-0.4, -0.2) is 19.0 Å². The van der Waals surface area contributed by atoms with E-state index in [1.54, 1.807) is 0 Å². The average molecular weight is 361 g/mol. The predicted octanol–water partition coefficient (Wildman–Crippen LogP) is 6.20. The largest absolute Gasteiger partial charge is 0.381 e. The van der Waals surface area contributed by atoms with Crippen LogP contribution in [0.1, 0.15) is 85.5 Å². The molecule has 7 atom stereocenters. The summed E-state index contributed by atoms with van der Waals surface area (Å²) in [4.78, 5) is 11.8. The second-order valence-electron chi connectivity index (χ2n) is 9.87. The molecule has 0 aromatic carbocycles. The molecule has 0 amide bonds. The third-order valence-electron chi connectivity index (χ3n) is 8.74. The summed E-state index contributed by atoms with van der Waals surface area (Å²) in [6, 6.07) is 0. The summed E-state index contributed by atoms with van der Waals surface area (Å²) in [6.07, 6.45) is 15.9. The molecule has 4 aliphatic carbocycles. The smallest absolute Gasteiger partial charge is 0.155 e. The Morgan fingerprint density at radius 2 is 1.77 bits per heavy atom. The number of fused-ring (bicyclic) bond motifs is 5. The minimum absolute atomic E-state index is 0.267.